The van der Waals surface area contributed by atoms with Crippen molar-refractivity contribution in [3.8, 4) is 5.75 Å². The second-order valence-electron chi connectivity index (χ2n) is 5.74. The number of sulfonamides is 1. The molecule has 1 aromatic heterocycles. The molecule has 0 fully saturated rings. The Morgan fingerprint density at radius 2 is 1.60 bits per heavy atom. The zero-order valence-electron chi connectivity index (χ0n) is 15.0. The molecule has 0 saturated heterocycles. The number of amides is 1. The number of anilines is 2. The zero-order valence-corrected chi connectivity index (χ0v) is 18.1. The maximum absolute atomic E-state index is 12.3. The van der Waals surface area contributed by atoms with Crippen LogP contribution < -0.4 is 14.8 Å². The molecule has 0 bridgehead atoms. The first kappa shape index (κ1) is 22.1. The van der Waals surface area contributed by atoms with Gasteiger partial charge in [0.2, 0.25) is 5.95 Å². The first-order valence-electron chi connectivity index (χ1n) is 8.22. The standard InChI is InChI=1S/C18H13Cl3N4O4S/c19-13-8-15(21)16(9-14(13)20)29-10-17(26)24-11-2-4-12(5-3-11)30(27,28)25-18-22-6-1-7-23-18/h1-9H,10H2,(H,24,26)(H,22,23,25). The number of carbonyl (C=O) groups is 1. The topological polar surface area (TPSA) is 110 Å². The summed E-state index contributed by atoms with van der Waals surface area (Å²) in [5, 5.41) is 3.29. The number of hydrogen-bond donors (Lipinski definition) is 2. The molecule has 0 unspecified atom stereocenters. The monoisotopic (exact) mass is 486 g/mol. The molecule has 0 radical (unpaired) electrons. The van der Waals surface area contributed by atoms with Crippen molar-refractivity contribution in [2.75, 3.05) is 16.6 Å². The summed E-state index contributed by atoms with van der Waals surface area (Å²) in [7, 11) is -3.87. The highest BCUT2D eigenvalue weighted by Gasteiger charge is 2.16. The van der Waals surface area contributed by atoms with Crippen LogP contribution in [0.3, 0.4) is 0 Å². The Morgan fingerprint density at radius 1 is 0.967 bits per heavy atom. The van der Waals surface area contributed by atoms with Gasteiger partial charge in [0.05, 0.1) is 20.0 Å². The summed E-state index contributed by atoms with van der Waals surface area (Å²) >= 11 is 17.7. The van der Waals surface area contributed by atoms with E-state index >= 15 is 0 Å². The van der Waals surface area contributed by atoms with E-state index in [1.165, 1.54) is 48.8 Å². The lowest BCUT2D eigenvalue weighted by atomic mass is 10.3. The van der Waals surface area contributed by atoms with Gasteiger partial charge in [0, 0.05) is 24.1 Å². The minimum atomic E-state index is -3.87. The Labute approximate surface area is 187 Å². The number of ether oxygens (including phenoxy) is 1. The average molecular weight is 488 g/mol. The van der Waals surface area contributed by atoms with Gasteiger partial charge in [-0.3, -0.25) is 4.79 Å². The number of aromatic nitrogens is 2. The fraction of sp³-hybridized carbons (Fsp3) is 0.0556. The fourth-order valence-electron chi connectivity index (χ4n) is 2.20. The van der Waals surface area contributed by atoms with Gasteiger partial charge in [0.25, 0.3) is 15.9 Å². The molecule has 0 aliphatic rings. The molecule has 2 aromatic carbocycles. The largest absolute Gasteiger partial charge is 0.482 e. The second kappa shape index (κ2) is 9.48. The van der Waals surface area contributed by atoms with Gasteiger partial charge in [-0.15, -0.1) is 0 Å². The molecule has 0 atom stereocenters. The van der Waals surface area contributed by atoms with Gasteiger partial charge in [0.1, 0.15) is 5.75 Å². The number of halogens is 3. The van der Waals surface area contributed by atoms with Crippen LogP contribution in [-0.2, 0) is 14.8 Å². The normalized spacial score (nSPS) is 11.0. The smallest absolute Gasteiger partial charge is 0.264 e. The van der Waals surface area contributed by atoms with Gasteiger partial charge in [-0.2, -0.15) is 0 Å². The van der Waals surface area contributed by atoms with Crippen LogP contribution in [0.4, 0.5) is 11.6 Å². The van der Waals surface area contributed by atoms with Gasteiger partial charge < -0.3 is 10.1 Å². The van der Waals surface area contributed by atoms with Crippen LogP contribution in [-0.4, -0.2) is 30.9 Å². The fourth-order valence-corrected chi connectivity index (χ4v) is 3.75. The average Bonchev–Trinajstić information content (AvgIpc) is 2.70. The van der Waals surface area contributed by atoms with Crippen LogP contribution in [0.15, 0.2) is 59.8 Å². The third-order valence-electron chi connectivity index (χ3n) is 3.57. The maximum atomic E-state index is 12.3. The van der Waals surface area contributed by atoms with Crippen molar-refractivity contribution in [3.05, 3.63) is 69.9 Å². The number of hydrogen-bond acceptors (Lipinski definition) is 6. The van der Waals surface area contributed by atoms with Gasteiger partial charge in [0.15, 0.2) is 6.61 Å². The van der Waals surface area contributed by atoms with Crippen molar-refractivity contribution < 1.29 is 17.9 Å². The number of carbonyl (C=O) groups excluding carboxylic acids is 1. The summed E-state index contributed by atoms with van der Waals surface area (Å²) in [5.41, 5.74) is 0.374. The number of nitrogens with zero attached hydrogens (tertiary/aromatic N) is 2. The van der Waals surface area contributed by atoms with E-state index in [1.54, 1.807) is 6.07 Å². The summed E-state index contributed by atoms with van der Waals surface area (Å²) in [6, 6.07) is 9.91. The molecule has 3 aromatic rings. The lowest BCUT2D eigenvalue weighted by molar-refractivity contribution is -0.118. The quantitative estimate of drug-likeness (QED) is 0.482. The van der Waals surface area contributed by atoms with Crippen LogP contribution in [0.1, 0.15) is 0 Å². The highest BCUT2D eigenvalue weighted by molar-refractivity contribution is 7.92. The Hall–Kier alpha value is -2.59. The summed E-state index contributed by atoms with van der Waals surface area (Å²) in [5.74, 6) is -0.326. The van der Waals surface area contributed by atoms with E-state index in [4.69, 9.17) is 39.5 Å². The van der Waals surface area contributed by atoms with Crippen LogP contribution >= 0.6 is 34.8 Å². The van der Waals surface area contributed by atoms with Crippen molar-refractivity contribution in [2.45, 2.75) is 4.90 Å². The van der Waals surface area contributed by atoms with Crippen LogP contribution in [0.5, 0.6) is 5.75 Å². The molecule has 1 heterocycles. The number of nitrogens with one attached hydrogen (secondary N) is 2. The van der Waals surface area contributed by atoms with Crippen LogP contribution in [0.25, 0.3) is 0 Å². The predicted octanol–water partition coefficient (Wildman–Crippen LogP) is 4.26. The molecule has 30 heavy (non-hydrogen) atoms. The molecular formula is C18H13Cl3N4O4S. The number of rotatable bonds is 7. The Bertz CT molecular complexity index is 1160. The minimum Gasteiger partial charge on any atom is -0.482 e. The van der Waals surface area contributed by atoms with E-state index in [0.29, 0.717) is 5.69 Å². The second-order valence-corrected chi connectivity index (χ2v) is 8.64. The molecule has 2 N–H and O–H groups in total. The number of benzene rings is 2. The van der Waals surface area contributed by atoms with Crippen molar-refractivity contribution in [1.29, 1.82) is 0 Å². The maximum Gasteiger partial charge on any atom is 0.264 e. The molecule has 12 heteroatoms. The molecular weight excluding hydrogens is 475 g/mol. The van der Waals surface area contributed by atoms with E-state index in [0.717, 1.165) is 0 Å². The van der Waals surface area contributed by atoms with Gasteiger partial charge in [-0.25, -0.2) is 23.1 Å². The van der Waals surface area contributed by atoms with Crippen LogP contribution in [0.2, 0.25) is 15.1 Å². The van der Waals surface area contributed by atoms with E-state index in [1.807, 2.05) is 0 Å². The van der Waals surface area contributed by atoms with Crippen molar-refractivity contribution >= 4 is 62.4 Å². The SMILES string of the molecule is O=C(COc1cc(Cl)c(Cl)cc1Cl)Nc1ccc(S(=O)(=O)Nc2ncccn2)cc1. The highest BCUT2D eigenvalue weighted by atomic mass is 35.5. The Kier molecular flexibility index (Phi) is 6.99. The van der Waals surface area contributed by atoms with Crippen molar-refractivity contribution in [1.82, 2.24) is 9.97 Å². The lowest BCUT2D eigenvalue weighted by Crippen LogP contribution is -2.20. The highest BCUT2D eigenvalue weighted by Crippen LogP contribution is 2.33. The van der Waals surface area contributed by atoms with E-state index in [2.05, 4.69) is 20.0 Å². The van der Waals surface area contributed by atoms with E-state index in [9.17, 15) is 13.2 Å². The minimum absolute atomic E-state index is 0.0215. The molecule has 0 aliphatic carbocycles. The van der Waals surface area contributed by atoms with Crippen molar-refractivity contribution in [2.24, 2.45) is 0 Å². The molecule has 8 nitrogen and oxygen atoms in total. The zero-order chi connectivity index (χ0) is 21.7. The molecule has 156 valence electrons. The van der Waals surface area contributed by atoms with E-state index < -0.39 is 15.9 Å². The summed E-state index contributed by atoms with van der Waals surface area (Å²) in [4.78, 5) is 19.7. The predicted molar refractivity (Wildman–Crippen MR) is 115 cm³/mol. The lowest BCUT2D eigenvalue weighted by Gasteiger charge is -2.10. The molecule has 0 spiro atoms. The van der Waals surface area contributed by atoms with Gasteiger partial charge in [-0.05, 0) is 36.4 Å². The molecule has 3 rings (SSSR count). The molecule has 0 aliphatic heterocycles. The summed E-state index contributed by atoms with van der Waals surface area (Å²) in [6.07, 6.45) is 2.83. The van der Waals surface area contributed by atoms with E-state index in [-0.39, 0.29) is 38.3 Å². The first-order chi connectivity index (χ1) is 14.2. The summed E-state index contributed by atoms with van der Waals surface area (Å²) < 4.78 is 32.3. The summed E-state index contributed by atoms with van der Waals surface area (Å²) in [6.45, 7) is -0.343. The Morgan fingerprint density at radius 3 is 2.27 bits per heavy atom. The third kappa shape index (κ3) is 5.73. The van der Waals surface area contributed by atoms with Gasteiger partial charge in [-0.1, -0.05) is 34.8 Å². The third-order valence-corrected chi connectivity index (χ3v) is 5.93. The molecule has 0 saturated carbocycles. The van der Waals surface area contributed by atoms with Crippen LogP contribution in [0, 0.1) is 0 Å². The van der Waals surface area contributed by atoms with Gasteiger partial charge >= 0.3 is 0 Å². The molecule has 1 amide bonds. The first-order valence-corrected chi connectivity index (χ1v) is 10.8. The Balaban J connectivity index is 1.60. The van der Waals surface area contributed by atoms with Crippen molar-refractivity contribution in [3.63, 3.8) is 0 Å².